The minimum Gasteiger partial charge on any atom is -0.397 e. The molecule has 1 aromatic rings. The van der Waals surface area contributed by atoms with Crippen LogP contribution < -0.4 is 16.8 Å². The summed E-state index contributed by atoms with van der Waals surface area (Å²) in [5.41, 5.74) is 12.6. The Balaban J connectivity index is 2.11. The molecule has 0 bridgehead atoms. The summed E-state index contributed by atoms with van der Waals surface area (Å²) in [6, 6.07) is 4.82. The largest absolute Gasteiger partial charge is 0.397 e. The fraction of sp³-hybridized carbons (Fsp3) is 0.417. The van der Waals surface area contributed by atoms with Crippen molar-refractivity contribution in [2.24, 2.45) is 5.73 Å². The lowest BCUT2D eigenvalue weighted by molar-refractivity contribution is 0.100. The van der Waals surface area contributed by atoms with Crippen LogP contribution >= 0.6 is 0 Å². The van der Waals surface area contributed by atoms with E-state index in [0.717, 1.165) is 0 Å². The maximum atomic E-state index is 11.3. The molecule has 1 saturated heterocycles. The van der Waals surface area contributed by atoms with Gasteiger partial charge in [0.15, 0.2) is 0 Å². The summed E-state index contributed by atoms with van der Waals surface area (Å²) in [4.78, 5) is 11.1. The van der Waals surface area contributed by atoms with E-state index in [-0.39, 0.29) is 17.5 Å². The van der Waals surface area contributed by atoms with E-state index in [0.29, 0.717) is 29.8 Å². The highest BCUT2D eigenvalue weighted by Crippen LogP contribution is 2.24. The number of nitrogens with two attached hydrogens (primary N) is 2. The standard InChI is InChI=1S/C12H17N3O3S/c13-10-2-1-8(12(14)16)7-11(10)15-9-3-5-19(17,18)6-4-9/h1-2,7,9,15H,3-6,13H2,(H2,14,16). The molecule has 19 heavy (non-hydrogen) atoms. The molecule has 0 atom stereocenters. The van der Waals surface area contributed by atoms with Crippen LogP contribution in [0.4, 0.5) is 11.4 Å². The van der Waals surface area contributed by atoms with Gasteiger partial charge in [0.1, 0.15) is 9.84 Å². The summed E-state index contributed by atoms with van der Waals surface area (Å²) in [7, 11) is -2.89. The summed E-state index contributed by atoms with van der Waals surface area (Å²) < 4.78 is 22.7. The van der Waals surface area contributed by atoms with Crippen molar-refractivity contribution in [2.45, 2.75) is 18.9 Å². The fourth-order valence-corrected chi connectivity index (χ4v) is 3.58. The third kappa shape index (κ3) is 3.37. The first-order valence-electron chi connectivity index (χ1n) is 6.04. The molecule has 0 aromatic heterocycles. The van der Waals surface area contributed by atoms with Crippen LogP contribution in [0, 0.1) is 0 Å². The van der Waals surface area contributed by atoms with Crippen LogP contribution in [-0.4, -0.2) is 31.9 Å². The van der Waals surface area contributed by atoms with Gasteiger partial charge in [0, 0.05) is 11.6 Å². The first kappa shape index (κ1) is 13.7. The first-order valence-corrected chi connectivity index (χ1v) is 7.86. The molecule has 0 saturated carbocycles. The average Bonchev–Trinajstić information content (AvgIpc) is 2.34. The van der Waals surface area contributed by atoms with Gasteiger partial charge in [-0.15, -0.1) is 0 Å². The van der Waals surface area contributed by atoms with Crippen LogP contribution in [-0.2, 0) is 9.84 Å². The van der Waals surface area contributed by atoms with Gasteiger partial charge in [0.25, 0.3) is 0 Å². The highest BCUT2D eigenvalue weighted by molar-refractivity contribution is 7.91. The fourth-order valence-electron chi connectivity index (χ4n) is 2.09. The second kappa shape index (κ2) is 5.08. The van der Waals surface area contributed by atoms with E-state index in [9.17, 15) is 13.2 Å². The number of rotatable bonds is 3. The van der Waals surface area contributed by atoms with Crippen molar-refractivity contribution < 1.29 is 13.2 Å². The summed E-state index contributed by atoms with van der Waals surface area (Å²) in [5.74, 6) is -0.158. The normalized spacial score (nSPS) is 18.9. The van der Waals surface area contributed by atoms with Crippen LogP contribution in [0.2, 0.25) is 0 Å². The second-order valence-corrected chi connectivity index (χ2v) is 7.04. The molecule has 0 aliphatic carbocycles. The smallest absolute Gasteiger partial charge is 0.248 e. The zero-order valence-electron chi connectivity index (χ0n) is 10.4. The molecule has 0 spiro atoms. The van der Waals surface area contributed by atoms with Gasteiger partial charge >= 0.3 is 0 Å². The lowest BCUT2D eigenvalue weighted by Gasteiger charge is -2.24. The maximum absolute atomic E-state index is 11.3. The van der Waals surface area contributed by atoms with Crippen molar-refractivity contribution >= 4 is 27.1 Å². The predicted molar refractivity (Wildman–Crippen MR) is 74.7 cm³/mol. The number of benzene rings is 1. The van der Waals surface area contributed by atoms with Crippen molar-refractivity contribution in [3.8, 4) is 0 Å². The minimum absolute atomic E-state index is 0.0500. The van der Waals surface area contributed by atoms with Gasteiger partial charge in [0.05, 0.1) is 22.9 Å². The van der Waals surface area contributed by atoms with Crippen molar-refractivity contribution in [3.05, 3.63) is 23.8 Å². The summed E-state index contributed by atoms with van der Waals surface area (Å²) in [6.07, 6.45) is 1.09. The Morgan fingerprint density at radius 1 is 1.26 bits per heavy atom. The third-order valence-electron chi connectivity index (χ3n) is 3.25. The molecule has 1 amide bonds. The number of hydrogen-bond donors (Lipinski definition) is 3. The molecule has 6 nitrogen and oxygen atoms in total. The Labute approximate surface area is 112 Å². The molecule has 2 rings (SSSR count). The molecule has 0 radical (unpaired) electrons. The van der Waals surface area contributed by atoms with E-state index in [1.54, 1.807) is 18.2 Å². The van der Waals surface area contributed by atoms with Crippen molar-refractivity contribution in [1.29, 1.82) is 0 Å². The van der Waals surface area contributed by atoms with Gasteiger partial charge in [-0.3, -0.25) is 4.79 Å². The predicted octanol–water partition coefficient (Wildman–Crippen LogP) is 0.357. The number of nitrogen functional groups attached to an aromatic ring is 1. The molecule has 1 aliphatic heterocycles. The topological polar surface area (TPSA) is 115 Å². The number of hydrogen-bond acceptors (Lipinski definition) is 5. The number of amides is 1. The van der Waals surface area contributed by atoms with E-state index in [2.05, 4.69) is 5.32 Å². The lowest BCUT2D eigenvalue weighted by Crippen LogP contribution is -2.32. The van der Waals surface area contributed by atoms with E-state index in [4.69, 9.17) is 11.5 Å². The minimum atomic E-state index is -2.89. The quantitative estimate of drug-likeness (QED) is 0.693. The first-order chi connectivity index (χ1) is 8.87. The number of carbonyl (C=O) groups is 1. The highest BCUT2D eigenvalue weighted by Gasteiger charge is 2.23. The molecular weight excluding hydrogens is 266 g/mol. The molecule has 1 aliphatic rings. The Bertz CT molecular complexity index is 584. The number of sulfone groups is 1. The molecule has 1 heterocycles. The zero-order valence-corrected chi connectivity index (χ0v) is 11.2. The molecule has 1 aromatic carbocycles. The third-order valence-corrected chi connectivity index (χ3v) is 4.97. The summed E-state index contributed by atoms with van der Waals surface area (Å²) >= 11 is 0. The highest BCUT2D eigenvalue weighted by atomic mass is 32.2. The molecule has 1 fully saturated rings. The molecule has 104 valence electrons. The van der Waals surface area contributed by atoms with Crippen molar-refractivity contribution in [2.75, 3.05) is 22.6 Å². The van der Waals surface area contributed by atoms with Crippen LogP contribution in [0.3, 0.4) is 0 Å². The van der Waals surface area contributed by atoms with Gasteiger partial charge in [-0.05, 0) is 31.0 Å². The Morgan fingerprint density at radius 2 is 1.89 bits per heavy atom. The summed E-state index contributed by atoms with van der Waals surface area (Å²) in [6.45, 7) is 0. The Kier molecular flexibility index (Phi) is 3.66. The van der Waals surface area contributed by atoms with Crippen molar-refractivity contribution in [3.63, 3.8) is 0 Å². The average molecular weight is 283 g/mol. The molecule has 0 unspecified atom stereocenters. The Hall–Kier alpha value is -1.76. The molecule has 7 heteroatoms. The number of primary amides is 1. The number of carbonyl (C=O) groups excluding carboxylic acids is 1. The number of nitrogens with one attached hydrogen (secondary N) is 1. The van der Waals surface area contributed by atoms with E-state index >= 15 is 0 Å². The van der Waals surface area contributed by atoms with Gasteiger partial charge in [-0.25, -0.2) is 8.42 Å². The Morgan fingerprint density at radius 3 is 2.47 bits per heavy atom. The van der Waals surface area contributed by atoms with Crippen LogP contribution in [0.25, 0.3) is 0 Å². The monoisotopic (exact) mass is 283 g/mol. The van der Waals surface area contributed by atoms with Crippen LogP contribution in [0.15, 0.2) is 18.2 Å². The van der Waals surface area contributed by atoms with E-state index in [1.807, 2.05) is 0 Å². The second-order valence-electron chi connectivity index (χ2n) is 4.74. The van der Waals surface area contributed by atoms with Crippen molar-refractivity contribution in [1.82, 2.24) is 0 Å². The summed E-state index contributed by atoms with van der Waals surface area (Å²) in [5, 5.41) is 3.18. The van der Waals surface area contributed by atoms with E-state index in [1.165, 1.54) is 0 Å². The maximum Gasteiger partial charge on any atom is 0.248 e. The number of anilines is 2. The van der Waals surface area contributed by atoms with Gasteiger partial charge in [-0.2, -0.15) is 0 Å². The molecular formula is C12H17N3O3S. The zero-order chi connectivity index (χ0) is 14.0. The van der Waals surface area contributed by atoms with Crippen LogP contribution in [0.5, 0.6) is 0 Å². The SMILES string of the molecule is NC(=O)c1ccc(N)c(NC2CCS(=O)(=O)CC2)c1. The van der Waals surface area contributed by atoms with E-state index < -0.39 is 15.7 Å². The lowest BCUT2D eigenvalue weighted by atomic mass is 10.1. The molecule has 5 N–H and O–H groups in total. The van der Waals surface area contributed by atoms with Gasteiger partial charge in [-0.1, -0.05) is 0 Å². The van der Waals surface area contributed by atoms with Gasteiger partial charge < -0.3 is 16.8 Å². The van der Waals surface area contributed by atoms with Crippen LogP contribution in [0.1, 0.15) is 23.2 Å². The van der Waals surface area contributed by atoms with Gasteiger partial charge in [0.2, 0.25) is 5.91 Å².